The topological polar surface area (TPSA) is 45.2 Å². The molecule has 1 aromatic heterocycles. The molecule has 0 spiro atoms. The van der Waals surface area contributed by atoms with Crippen molar-refractivity contribution in [2.24, 2.45) is 0 Å². The summed E-state index contributed by atoms with van der Waals surface area (Å²) in [6.07, 6.45) is 7.66. The molecule has 2 aliphatic rings. The molecule has 2 unspecified atom stereocenters. The van der Waals surface area contributed by atoms with Gasteiger partial charge in [0.2, 0.25) is 0 Å². The third-order valence-electron chi connectivity index (χ3n) is 4.52. The average molecular weight is 273 g/mol. The second-order valence-corrected chi connectivity index (χ2v) is 5.95. The quantitative estimate of drug-likeness (QED) is 0.898. The number of carbonyl (C=O) groups excluding carboxylic acids is 1. The molecule has 4 nitrogen and oxygen atoms in total. The van der Waals surface area contributed by atoms with Gasteiger partial charge < -0.3 is 10.2 Å². The van der Waals surface area contributed by atoms with Gasteiger partial charge in [0.05, 0.1) is 0 Å². The van der Waals surface area contributed by atoms with Crippen LogP contribution in [0.3, 0.4) is 0 Å². The molecule has 1 aromatic rings. The van der Waals surface area contributed by atoms with Crippen molar-refractivity contribution in [2.75, 3.05) is 13.1 Å². The Labute approximate surface area is 120 Å². The van der Waals surface area contributed by atoms with E-state index in [0.29, 0.717) is 12.1 Å². The van der Waals surface area contributed by atoms with Gasteiger partial charge in [-0.1, -0.05) is 0 Å². The highest BCUT2D eigenvalue weighted by Crippen LogP contribution is 2.25. The van der Waals surface area contributed by atoms with Crippen LogP contribution in [0.2, 0.25) is 0 Å². The smallest absolute Gasteiger partial charge is 0.254 e. The van der Waals surface area contributed by atoms with Crippen LogP contribution in [-0.4, -0.2) is 41.0 Å². The maximum absolute atomic E-state index is 12.8. The predicted molar refractivity (Wildman–Crippen MR) is 78.7 cm³/mol. The van der Waals surface area contributed by atoms with Gasteiger partial charge in [0.25, 0.3) is 5.91 Å². The van der Waals surface area contributed by atoms with E-state index in [9.17, 15) is 4.79 Å². The minimum Gasteiger partial charge on any atom is -0.334 e. The van der Waals surface area contributed by atoms with Gasteiger partial charge in [-0.25, -0.2) is 0 Å². The monoisotopic (exact) mass is 273 g/mol. The normalized spacial score (nSPS) is 26.8. The van der Waals surface area contributed by atoms with Gasteiger partial charge in [-0.15, -0.1) is 0 Å². The molecule has 108 valence electrons. The number of hydrogen-bond donors (Lipinski definition) is 1. The Morgan fingerprint density at radius 1 is 1.35 bits per heavy atom. The number of piperidine rings is 1. The van der Waals surface area contributed by atoms with Crippen molar-refractivity contribution in [3.63, 3.8) is 0 Å². The highest BCUT2D eigenvalue weighted by molar-refractivity contribution is 5.94. The number of likely N-dealkylation sites (tertiary alicyclic amines) is 1. The first-order chi connectivity index (χ1) is 9.75. The molecule has 3 rings (SSSR count). The minimum atomic E-state index is 0.175. The van der Waals surface area contributed by atoms with E-state index in [1.54, 1.807) is 6.20 Å². The largest absolute Gasteiger partial charge is 0.334 e. The zero-order valence-electron chi connectivity index (χ0n) is 12.1. The summed E-state index contributed by atoms with van der Waals surface area (Å²) in [6.45, 7) is 3.92. The molecule has 3 heterocycles. The number of rotatable bonds is 2. The van der Waals surface area contributed by atoms with E-state index >= 15 is 0 Å². The number of carbonyl (C=O) groups is 1. The molecule has 2 atom stereocenters. The number of pyridine rings is 1. The Bertz CT molecular complexity index is 482. The summed E-state index contributed by atoms with van der Waals surface area (Å²) in [6, 6.07) is 4.59. The summed E-state index contributed by atoms with van der Waals surface area (Å²) < 4.78 is 0. The van der Waals surface area contributed by atoms with E-state index in [0.717, 1.165) is 37.2 Å². The Balaban J connectivity index is 1.80. The molecule has 2 aliphatic heterocycles. The number of amides is 1. The number of aryl methyl sites for hydroxylation is 1. The number of hydrogen-bond acceptors (Lipinski definition) is 3. The molecule has 2 saturated heterocycles. The van der Waals surface area contributed by atoms with Crippen LogP contribution in [0.5, 0.6) is 0 Å². The first kappa shape index (κ1) is 13.6. The van der Waals surface area contributed by atoms with Crippen molar-refractivity contribution in [3.05, 3.63) is 29.6 Å². The van der Waals surface area contributed by atoms with E-state index in [1.165, 1.54) is 19.3 Å². The lowest BCUT2D eigenvalue weighted by molar-refractivity contribution is 0.0563. The van der Waals surface area contributed by atoms with E-state index < -0.39 is 0 Å². The van der Waals surface area contributed by atoms with E-state index in [2.05, 4.69) is 15.2 Å². The van der Waals surface area contributed by atoms with Gasteiger partial charge in [-0.2, -0.15) is 0 Å². The molecular formula is C16H23N3O. The van der Waals surface area contributed by atoms with Crippen molar-refractivity contribution in [1.82, 2.24) is 15.2 Å². The fourth-order valence-corrected chi connectivity index (χ4v) is 3.51. The molecule has 0 radical (unpaired) electrons. The fraction of sp³-hybridized carbons (Fsp3) is 0.625. The molecule has 20 heavy (non-hydrogen) atoms. The lowest BCUT2D eigenvalue weighted by Crippen LogP contribution is -2.52. The maximum Gasteiger partial charge on any atom is 0.254 e. The van der Waals surface area contributed by atoms with Crippen LogP contribution in [0.15, 0.2) is 18.3 Å². The molecular weight excluding hydrogens is 250 g/mol. The van der Waals surface area contributed by atoms with Crippen molar-refractivity contribution in [3.8, 4) is 0 Å². The molecule has 0 bridgehead atoms. The Kier molecular flexibility index (Phi) is 4.01. The van der Waals surface area contributed by atoms with Crippen LogP contribution >= 0.6 is 0 Å². The van der Waals surface area contributed by atoms with Gasteiger partial charge in [0.15, 0.2) is 0 Å². The zero-order valence-corrected chi connectivity index (χ0v) is 12.1. The number of aromatic nitrogens is 1. The van der Waals surface area contributed by atoms with Crippen LogP contribution in [0.25, 0.3) is 0 Å². The maximum atomic E-state index is 12.8. The third-order valence-corrected chi connectivity index (χ3v) is 4.52. The average Bonchev–Trinajstić information content (AvgIpc) is 3.00. The fourth-order valence-electron chi connectivity index (χ4n) is 3.51. The SMILES string of the molecule is Cc1cc(C(=O)N2CCCCC2C2CCCN2)ccn1. The molecule has 0 saturated carbocycles. The van der Waals surface area contributed by atoms with Gasteiger partial charge in [-0.3, -0.25) is 9.78 Å². The summed E-state index contributed by atoms with van der Waals surface area (Å²) in [5.74, 6) is 0.175. The van der Waals surface area contributed by atoms with Crippen molar-refractivity contribution in [2.45, 2.75) is 51.1 Å². The summed E-state index contributed by atoms with van der Waals surface area (Å²) in [4.78, 5) is 19.1. The second-order valence-electron chi connectivity index (χ2n) is 5.95. The van der Waals surface area contributed by atoms with Crippen molar-refractivity contribution in [1.29, 1.82) is 0 Å². The molecule has 2 fully saturated rings. The van der Waals surface area contributed by atoms with E-state index in [4.69, 9.17) is 0 Å². The van der Waals surface area contributed by atoms with Crippen molar-refractivity contribution >= 4 is 5.91 Å². The highest BCUT2D eigenvalue weighted by Gasteiger charge is 2.34. The van der Waals surface area contributed by atoms with E-state index in [1.807, 2.05) is 19.1 Å². The zero-order chi connectivity index (χ0) is 13.9. The summed E-state index contributed by atoms with van der Waals surface area (Å²) in [7, 11) is 0. The number of nitrogens with one attached hydrogen (secondary N) is 1. The van der Waals surface area contributed by atoms with Gasteiger partial charge in [0, 0.05) is 36.1 Å². The van der Waals surface area contributed by atoms with Crippen LogP contribution < -0.4 is 5.32 Å². The lowest BCUT2D eigenvalue weighted by Gasteiger charge is -2.39. The van der Waals surface area contributed by atoms with Crippen LogP contribution in [0.4, 0.5) is 0 Å². The Hall–Kier alpha value is -1.42. The Morgan fingerprint density at radius 3 is 3.00 bits per heavy atom. The Morgan fingerprint density at radius 2 is 2.25 bits per heavy atom. The minimum absolute atomic E-state index is 0.175. The highest BCUT2D eigenvalue weighted by atomic mass is 16.2. The molecule has 0 aliphatic carbocycles. The molecule has 1 N–H and O–H groups in total. The van der Waals surface area contributed by atoms with Crippen LogP contribution in [-0.2, 0) is 0 Å². The van der Waals surface area contributed by atoms with Gasteiger partial charge in [-0.05, 0) is 57.7 Å². The summed E-state index contributed by atoms with van der Waals surface area (Å²) >= 11 is 0. The first-order valence-corrected chi connectivity index (χ1v) is 7.73. The predicted octanol–water partition coefficient (Wildman–Crippen LogP) is 2.14. The molecule has 4 heteroatoms. The molecule has 1 amide bonds. The van der Waals surface area contributed by atoms with Crippen LogP contribution in [0, 0.1) is 6.92 Å². The number of nitrogens with zero attached hydrogens (tertiary/aromatic N) is 2. The first-order valence-electron chi connectivity index (χ1n) is 7.73. The lowest BCUT2D eigenvalue weighted by atomic mass is 9.94. The van der Waals surface area contributed by atoms with Crippen LogP contribution in [0.1, 0.15) is 48.2 Å². The summed E-state index contributed by atoms with van der Waals surface area (Å²) in [5, 5.41) is 3.57. The van der Waals surface area contributed by atoms with Gasteiger partial charge >= 0.3 is 0 Å². The van der Waals surface area contributed by atoms with E-state index in [-0.39, 0.29) is 5.91 Å². The van der Waals surface area contributed by atoms with Crippen molar-refractivity contribution < 1.29 is 4.79 Å². The second kappa shape index (κ2) is 5.92. The molecule has 0 aromatic carbocycles. The standard InChI is InChI=1S/C16H23N3O/c1-12-11-13(7-9-17-12)16(20)19-10-3-2-6-15(19)14-5-4-8-18-14/h7,9,11,14-15,18H,2-6,8,10H2,1H3. The van der Waals surface area contributed by atoms with Gasteiger partial charge in [0.1, 0.15) is 0 Å². The summed E-state index contributed by atoms with van der Waals surface area (Å²) in [5.41, 5.74) is 1.69. The third kappa shape index (κ3) is 2.70.